The Kier molecular flexibility index (Phi) is 5.28. The van der Waals surface area contributed by atoms with E-state index in [9.17, 15) is 18.0 Å². The summed E-state index contributed by atoms with van der Waals surface area (Å²) in [5.41, 5.74) is -0.629. The van der Waals surface area contributed by atoms with Crippen molar-refractivity contribution in [3.63, 3.8) is 0 Å². The van der Waals surface area contributed by atoms with E-state index in [1.807, 2.05) is 0 Å². The van der Waals surface area contributed by atoms with Crippen molar-refractivity contribution in [3.8, 4) is 5.88 Å². The number of amides is 1. The molecule has 2 N–H and O–H groups in total. The maximum absolute atomic E-state index is 12.9. The Bertz CT molecular complexity index is 702. The monoisotopic (exact) mass is 339 g/mol. The van der Waals surface area contributed by atoms with Crippen LogP contribution in [0.3, 0.4) is 0 Å². The first kappa shape index (κ1) is 17.6. The summed E-state index contributed by atoms with van der Waals surface area (Å²) >= 11 is 0. The lowest BCUT2D eigenvalue weighted by atomic mass is 10.1. The Labute approximate surface area is 136 Å². The molecule has 2 aromatic rings. The molecule has 8 heteroatoms. The molecule has 0 aliphatic rings. The molecule has 1 atom stereocenters. The number of aromatic nitrogens is 1. The summed E-state index contributed by atoms with van der Waals surface area (Å²) in [6.07, 6.45) is -3.08. The molecule has 0 unspecified atom stereocenters. The van der Waals surface area contributed by atoms with Crippen LogP contribution in [0.4, 0.5) is 24.5 Å². The number of nitrogens with zero attached hydrogens (tertiary/aromatic N) is 1. The standard InChI is InChI=1S/C16H16F3N3O2/c1-10(21-11-7-8-14(24-2)20-9-11)15(23)22-13-6-4-3-5-12(13)16(17,18)19/h3-10,21H,1-2H3,(H,22,23)/t10-/m1/s1. The lowest BCUT2D eigenvalue weighted by molar-refractivity contribution is -0.137. The van der Waals surface area contributed by atoms with Crippen molar-refractivity contribution in [2.45, 2.75) is 19.1 Å². The van der Waals surface area contributed by atoms with Crippen LogP contribution in [0.5, 0.6) is 5.88 Å². The summed E-state index contributed by atoms with van der Waals surface area (Å²) in [5.74, 6) is -0.181. The van der Waals surface area contributed by atoms with Crippen LogP contribution >= 0.6 is 0 Å². The van der Waals surface area contributed by atoms with Gasteiger partial charge in [-0.1, -0.05) is 12.1 Å². The van der Waals surface area contributed by atoms with Gasteiger partial charge in [-0.15, -0.1) is 0 Å². The number of nitrogens with one attached hydrogen (secondary N) is 2. The molecule has 0 radical (unpaired) electrons. The van der Waals surface area contributed by atoms with E-state index in [2.05, 4.69) is 15.6 Å². The van der Waals surface area contributed by atoms with Crippen LogP contribution in [-0.2, 0) is 11.0 Å². The lowest BCUT2D eigenvalue weighted by Gasteiger charge is -2.18. The highest BCUT2D eigenvalue weighted by Crippen LogP contribution is 2.34. The summed E-state index contributed by atoms with van der Waals surface area (Å²) in [7, 11) is 1.48. The van der Waals surface area contributed by atoms with E-state index < -0.39 is 23.7 Å². The summed E-state index contributed by atoms with van der Waals surface area (Å²) in [6.45, 7) is 1.54. The molecule has 2 rings (SSSR count). The summed E-state index contributed by atoms with van der Waals surface area (Å²) < 4.78 is 43.7. The Balaban J connectivity index is 2.06. The zero-order valence-corrected chi connectivity index (χ0v) is 13.0. The second-order valence-electron chi connectivity index (χ2n) is 4.99. The zero-order chi connectivity index (χ0) is 17.7. The molecular weight excluding hydrogens is 323 g/mol. The molecule has 0 fully saturated rings. The van der Waals surface area contributed by atoms with Crippen molar-refractivity contribution in [3.05, 3.63) is 48.2 Å². The average Bonchev–Trinajstić information content (AvgIpc) is 2.55. The molecule has 1 amide bonds. The summed E-state index contributed by atoms with van der Waals surface area (Å²) in [6, 6.07) is 7.32. The molecule has 1 heterocycles. The number of halogens is 3. The first-order valence-corrected chi connectivity index (χ1v) is 7.05. The first-order chi connectivity index (χ1) is 11.3. The van der Waals surface area contributed by atoms with E-state index >= 15 is 0 Å². The van der Waals surface area contributed by atoms with E-state index in [0.29, 0.717) is 11.6 Å². The predicted octanol–water partition coefficient (Wildman–Crippen LogP) is 3.55. The van der Waals surface area contributed by atoms with Crippen LogP contribution in [0.2, 0.25) is 0 Å². The van der Waals surface area contributed by atoms with E-state index in [1.165, 1.54) is 38.4 Å². The van der Waals surface area contributed by atoms with Crippen molar-refractivity contribution in [2.75, 3.05) is 17.7 Å². The van der Waals surface area contributed by atoms with Gasteiger partial charge in [-0.3, -0.25) is 4.79 Å². The van der Waals surface area contributed by atoms with E-state index in [-0.39, 0.29) is 5.69 Å². The molecule has 1 aromatic carbocycles. The number of ether oxygens (including phenoxy) is 1. The first-order valence-electron chi connectivity index (χ1n) is 7.05. The number of hydrogen-bond donors (Lipinski definition) is 2. The number of methoxy groups -OCH3 is 1. The Morgan fingerprint density at radius 3 is 2.50 bits per heavy atom. The fourth-order valence-corrected chi connectivity index (χ4v) is 1.98. The number of benzene rings is 1. The van der Waals surface area contributed by atoms with Crippen molar-refractivity contribution >= 4 is 17.3 Å². The molecule has 0 bridgehead atoms. The normalized spacial score (nSPS) is 12.4. The fourth-order valence-electron chi connectivity index (χ4n) is 1.98. The topological polar surface area (TPSA) is 63.2 Å². The Morgan fingerprint density at radius 1 is 1.21 bits per heavy atom. The molecular formula is C16H16F3N3O2. The third-order valence-corrected chi connectivity index (χ3v) is 3.21. The lowest BCUT2D eigenvalue weighted by Crippen LogP contribution is -2.32. The number of rotatable bonds is 5. The highest BCUT2D eigenvalue weighted by atomic mass is 19.4. The third kappa shape index (κ3) is 4.37. The van der Waals surface area contributed by atoms with Crippen LogP contribution < -0.4 is 15.4 Å². The molecule has 0 aliphatic carbocycles. The molecule has 24 heavy (non-hydrogen) atoms. The van der Waals surface area contributed by atoms with Gasteiger partial charge < -0.3 is 15.4 Å². The van der Waals surface area contributed by atoms with Gasteiger partial charge in [0.1, 0.15) is 6.04 Å². The van der Waals surface area contributed by atoms with Crippen LogP contribution in [-0.4, -0.2) is 24.0 Å². The van der Waals surface area contributed by atoms with Crippen molar-refractivity contribution < 1.29 is 22.7 Å². The minimum absolute atomic E-state index is 0.281. The van der Waals surface area contributed by atoms with Crippen LogP contribution in [0, 0.1) is 0 Å². The van der Waals surface area contributed by atoms with E-state index in [4.69, 9.17) is 4.74 Å². The molecule has 0 saturated carbocycles. The second kappa shape index (κ2) is 7.20. The minimum atomic E-state index is -4.54. The fraction of sp³-hybridized carbons (Fsp3) is 0.250. The molecule has 1 aromatic heterocycles. The molecule has 128 valence electrons. The van der Waals surface area contributed by atoms with Gasteiger partial charge in [-0.2, -0.15) is 13.2 Å². The number of pyridine rings is 1. The SMILES string of the molecule is COc1ccc(N[C@H](C)C(=O)Nc2ccccc2C(F)(F)F)cn1. The van der Waals surface area contributed by atoms with Crippen LogP contribution in [0.25, 0.3) is 0 Å². The number of para-hydroxylation sites is 1. The smallest absolute Gasteiger partial charge is 0.418 e. The molecule has 5 nitrogen and oxygen atoms in total. The molecule has 0 spiro atoms. The quantitative estimate of drug-likeness (QED) is 0.874. The van der Waals surface area contributed by atoms with Gasteiger partial charge in [0.25, 0.3) is 0 Å². The van der Waals surface area contributed by atoms with Crippen molar-refractivity contribution in [1.29, 1.82) is 0 Å². The van der Waals surface area contributed by atoms with Gasteiger partial charge in [-0.05, 0) is 25.1 Å². The highest BCUT2D eigenvalue weighted by molar-refractivity contribution is 5.96. The van der Waals surface area contributed by atoms with Crippen LogP contribution in [0.1, 0.15) is 12.5 Å². The maximum Gasteiger partial charge on any atom is 0.418 e. The largest absolute Gasteiger partial charge is 0.481 e. The number of alkyl halides is 3. The number of carbonyl (C=O) groups excluding carboxylic acids is 1. The molecule has 0 aliphatic heterocycles. The van der Waals surface area contributed by atoms with Crippen molar-refractivity contribution in [1.82, 2.24) is 4.98 Å². The van der Waals surface area contributed by atoms with E-state index in [0.717, 1.165) is 6.07 Å². The minimum Gasteiger partial charge on any atom is -0.481 e. The van der Waals surface area contributed by atoms with Crippen molar-refractivity contribution in [2.24, 2.45) is 0 Å². The summed E-state index contributed by atoms with van der Waals surface area (Å²) in [4.78, 5) is 16.1. The average molecular weight is 339 g/mol. The molecule has 0 saturated heterocycles. The van der Waals surface area contributed by atoms with E-state index in [1.54, 1.807) is 12.1 Å². The maximum atomic E-state index is 12.9. The predicted molar refractivity (Wildman–Crippen MR) is 83.9 cm³/mol. The second-order valence-corrected chi connectivity index (χ2v) is 4.99. The van der Waals surface area contributed by atoms with Gasteiger partial charge >= 0.3 is 6.18 Å². The van der Waals surface area contributed by atoms with Gasteiger partial charge in [0, 0.05) is 6.07 Å². The Hall–Kier alpha value is -2.77. The zero-order valence-electron chi connectivity index (χ0n) is 13.0. The Morgan fingerprint density at radius 2 is 1.92 bits per heavy atom. The van der Waals surface area contributed by atoms with Gasteiger partial charge in [0.05, 0.1) is 30.2 Å². The third-order valence-electron chi connectivity index (χ3n) is 3.21. The number of anilines is 2. The highest BCUT2D eigenvalue weighted by Gasteiger charge is 2.33. The van der Waals surface area contributed by atoms with Gasteiger partial charge in [0.2, 0.25) is 11.8 Å². The summed E-state index contributed by atoms with van der Waals surface area (Å²) in [5, 5.41) is 5.15. The number of hydrogen-bond acceptors (Lipinski definition) is 4. The van der Waals surface area contributed by atoms with Gasteiger partial charge in [-0.25, -0.2) is 4.98 Å². The number of carbonyl (C=O) groups is 1. The van der Waals surface area contributed by atoms with Crippen LogP contribution in [0.15, 0.2) is 42.6 Å². The van der Waals surface area contributed by atoms with Gasteiger partial charge in [0.15, 0.2) is 0 Å².